The summed E-state index contributed by atoms with van der Waals surface area (Å²) in [6.45, 7) is -6.77. The number of phosphoric acid groups is 1. The summed E-state index contributed by atoms with van der Waals surface area (Å²) in [5.74, 6) is -7.89. The first kappa shape index (κ1) is 39.0. The highest BCUT2D eigenvalue weighted by atomic mass is 31.2. The highest BCUT2D eigenvalue weighted by Crippen LogP contribution is 2.38. The van der Waals surface area contributed by atoms with Crippen molar-refractivity contribution in [1.82, 2.24) is 14.7 Å². The van der Waals surface area contributed by atoms with Gasteiger partial charge in [-0.1, -0.05) is 54.6 Å². The molecule has 18 heteroatoms. The van der Waals surface area contributed by atoms with Gasteiger partial charge >= 0.3 is 11.9 Å². The summed E-state index contributed by atoms with van der Waals surface area (Å²) in [6.07, 6.45) is 0.167. The van der Waals surface area contributed by atoms with Gasteiger partial charge in [-0.05, 0) is 23.1 Å². The third-order valence-corrected chi connectivity index (χ3v) is 7.54. The summed E-state index contributed by atoms with van der Waals surface area (Å²) < 4.78 is 22.5. The number of nitrogens with zero attached hydrogens (tertiary/aromatic N) is 3. The molecule has 2 atom stereocenters. The highest BCUT2D eigenvalue weighted by molar-refractivity contribution is 7.45. The zero-order chi connectivity index (χ0) is 35.0. The van der Waals surface area contributed by atoms with Crippen molar-refractivity contribution >= 4 is 37.7 Å². The number of carboxylic acid groups (broad SMARTS) is 5. The SMILES string of the molecule is O=C([O-])CN(CCN(CC(=O)O)CC(COP(=O)([O-])OCCc1ccc(-c2ccccc2)cc1)N(CC(=O)[O-])CC(=O)[O-])CC(=O)O. The number of benzene rings is 2. The Morgan fingerprint density at radius 3 is 1.74 bits per heavy atom. The van der Waals surface area contributed by atoms with Crippen LogP contribution >= 0.6 is 7.82 Å². The molecule has 2 aromatic carbocycles. The van der Waals surface area contributed by atoms with Crippen LogP contribution in [-0.4, -0.2) is 126 Å². The molecule has 2 aromatic rings. The molecule has 2 N–H and O–H groups in total. The van der Waals surface area contributed by atoms with E-state index >= 15 is 0 Å². The van der Waals surface area contributed by atoms with Crippen LogP contribution in [0.3, 0.4) is 0 Å². The Balaban J connectivity index is 2.13. The van der Waals surface area contributed by atoms with Crippen molar-refractivity contribution in [3.05, 3.63) is 60.2 Å². The van der Waals surface area contributed by atoms with Gasteiger partial charge in [0.25, 0.3) is 7.82 Å². The average molecular weight is 680 g/mol. The van der Waals surface area contributed by atoms with Gasteiger partial charge in [-0.15, -0.1) is 0 Å². The normalized spacial score (nSPS) is 13.4. The van der Waals surface area contributed by atoms with E-state index in [1.807, 2.05) is 42.5 Å². The third kappa shape index (κ3) is 16.3. The van der Waals surface area contributed by atoms with Gasteiger partial charge in [0.2, 0.25) is 0 Å². The van der Waals surface area contributed by atoms with E-state index in [4.69, 9.17) is 14.2 Å². The number of hydrogen-bond acceptors (Lipinski definition) is 15. The van der Waals surface area contributed by atoms with Gasteiger partial charge in [-0.25, -0.2) is 0 Å². The Hall–Kier alpha value is -4.22. The molecule has 0 aliphatic heterocycles. The number of rotatable bonds is 24. The van der Waals surface area contributed by atoms with Crippen molar-refractivity contribution in [2.45, 2.75) is 12.5 Å². The molecular formula is C29H34N3O14P-4. The third-order valence-electron chi connectivity index (χ3n) is 6.58. The van der Waals surface area contributed by atoms with E-state index in [0.717, 1.165) is 31.4 Å². The van der Waals surface area contributed by atoms with Crippen molar-refractivity contribution in [3.8, 4) is 11.1 Å². The second-order valence-corrected chi connectivity index (χ2v) is 11.7. The minimum absolute atomic E-state index is 0.167. The minimum Gasteiger partial charge on any atom is -0.756 e. The van der Waals surface area contributed by atoms with Crippen LogP contribution in [0, 0.1) is 0 Å². The first-order chi connectivity index (χ1) is 22.1. The highest BCUT2D eigenvalue weighted by Gasteiger charge is 2.26. The minimum atomic E-state index is -5.07. The zero-order valence-corrected chi connectivity index (χ0v) is 26.0. The van der Waals surface area contributed by atoms with E-state index < -0.39 is 89.6 Å². The number of phosphoric ester groups is 1. The van der Waals surface area contributed by atoms with Crippen LogP contribution in [0.25, 0.3) is 11.1 Å². The fraction of sp³-hybridized carbons (Fsp3) is 0.414. The van der Waals surface area contributed by atoms with E-state index in [-0.39, 0.29) is 26.1 Å². The van der Waals surface area contributed by atoms with Gasteiger partial charge in [0.15, 0.2) is 0 Å². The maximum absolute atomic E-state index is 12.6. The molecule has 0 heterocycles. The molecule has 0 saturated heterocycles. The van der Waals surface area contributed by atoms with E-state index in [2.05, 4.69) is 0 Å². The summed E-state index contributed by atoms with van der Waals surface area (Å²) in [5.41, 5.74) is 2.68. The van der Waals surface area contributed by atoms with Gasteiger partial charge in [-0.3, -0.25) is 28.9 Å². The Labute approximate surface area is 269 Å². The van der Waals surface area contributed by atoms with Gasteiger partial charge < -0.3 is 53.9 Å². The van der Waals surface area contributed by atoms with Crippen molar-refractivity contribution in [2.24, 2.45) is 0 Å². The lowest BCUT2D eigenvalue weighted by molar-refractivity contribution is -0.311. The number of aliphatic carboxylic acids is 5. The van der Waals surface area contributed by atoms with Crippen molar-refractivity contribution in [2.75, 3.05) is 65.6 Å². The largest absolute Gasteiger partial charge is 0.756 e. The molecule has 258 valence electrons. The average Bonchev–Trinajstić information content (AvgIpc) is 2.97. The van der Waals surface area contributed by atoms with E-state index in [1.165, 1.54) is 0 Å². The summed E-state index contributed by atoms with van der Waals surface area (Å²) in [7, 11) is -5.07. The van der Waals surface area contributed by atoms with E-state index in [0.29, 0.717) is 0 Å². The first-order valence-electron chi connectivity index (χ1n) is 14.1. The fourth-order valence-electron chi connectivity index (χ4n) is 4.50. The van der Waals surface area contributed by atoms with Crippen LogP contribution in [0.15, 0.2) is 54.6 Å². The molecule has 0 spiro atoms. The Morgan fingerprint density at radius 1 is 0.702 bits per heavy atom. The number of carbonyl (C=O) groups is 5. The molecule has 0 fully saturated rings. The molecule has 0 aliphatic rings. The van der Waals surface area contributed by atoms with Crippen molar-refractivity contribution < 1.29 is 68.0 Å². The number of carbonyl (C=O) groups excluding carboxylic acids is 3. The molecule has 0 radical (unpaired) electrons. The predicted molar refractivity (Wildman–Crippen MR) is 154 cm³/mol. The molecular weight excluding hydrogens is 645 g/mol. The van der Waals surface area contributed by atoms with Crippen LogP contribution in [0.4, 0.5) is 0 Å². The van der Waals surface area contributed by atoms with Gasteiger partial charge in [-0.2, -0.15) is 0 Å². The molecule has 2 unspecified atom stereocenters. The molecule has 17 nitrogen and oxygen atoms in total. The fourth-order valence-corrected chi connectivity index (χ4v) is 5.24. The van der Waals surface area contributed by atoms with Crippen molar-refractivity contribution in [1.29, 1.82) is 0 Å². The first-order valence-corrected chi connectivity index (χ1v) is 15.6. The second kappa shape index (κ2) is 19.4. The molecule has 0 saturated carbocycles. The van der Waals surface area contributed by atoms with E-state index in [1.54, 1.807) is 12.1 Å². The Kier molecular flexibility index (Phi) is 16.1. The van der Waals surface area contributed by atoms with Gasteiger partial charge in [0, 0.05) is 45.3 Å². The quantitative estimate of drug-likeness (QED) is 0.100. The van der Waals surface area contributed by atoms with Crippen LogP contribution in [0.5, 0.6) is 0 Å². The molecule has 0 aromatic heterocycles. The Bertz CT molecular complexity index is 1360. The summed E-state index contributed by atoms with van der Waals surface area (Å²) >= 11 is 0. The summed E-state index contributed by atoms with van der Waals surface area (Å²) in [4.78, 5) is 71.8. The molecule has 0 amide bonds. The predicted octanol–water partition coefficient (Wildman–Crippen LogP) is -3.91. The Morgan fingerprint density at radius 2 is 1.21 bits per heavy atom. The number of hydrogen-bond donors (Lipinski definition) is 2. The number of carboxylic acids is 5. The van der Waals surface area contributed by atoms with E-state index in [9.17, 15) is 53.9 Å². The lowest BCUT2D eigenvalue weighted by Crippen LogP contribution is -2.55. The van der Waals surface area contributed by atoms with Crippen LogP contribution in [-0.2, 0) is 44.0 Å². The smallest absolute Gasteiger partial charge is 0.317 e. The van der Waals surface area contributed by atoms with Crippen LogP contribution in [0.1, 0.15) is 5.56 Å². The monoisotopic (exact) mass is 679 g/mol. The standard InChI is InChI=1S/C29H38N3O14P/c33-25(34)15-30(11-12-31(16-26(35)36)17-27(37)38)14-24(32(18-28(39)40)19-29(41)42)20-46-47(43,44)45-13-10-21-6-8-23(9-7-21)22-4-2-1-3-5-22/h1-9,24H,10-20H2,(H,33,34)(H,35,36)(H,37,38)(H,39,40)(H,41,42)(H,43,44)/p-4. The molecule has 0 aliphatic carbocycles. The molecule has 0 bridgehead atoms. The second-order valence-electron chi connectivity index (χ2n) is 10.3. The molecule has 2 rings (SSSR count). The van der Waals surface area contributed by atoms with Crippen molar-refractivity contribution in [3.63, 3.8) is 0 Å². The van der Waals surface area contributed by atoms with Crippen LogP contribution in [0.2, 0.25) is 0 Å². The zero-order valence-electron chi connectivity index (χ0n) is 25.1. The summed E-state index contributed by atoms with van der Waals surface area (Å²) in [6, 6.07) is 15.4. The maximum atomic E-state index is 12.6. The summed E-state index contributed by atoms with van der Waals surface area (Å²) in [5, 5.41) is 52.2. The van der Waals surface area contributed by atoms with Crippen LogP contribution < -0.4 is 20.2 Å². The topological polar surface area (TPSA) is 263 Å². The lowest BCUT2D eigenvalue weighted by atomic mass is 10.0. The molecule has 47 heavy (non-hydrogen) atoms. The maximum Gasteiger partial charge on any atom is 0.317 e. The van der Waals surface area contributed by atoms with Gasteiger partial charge in [0.1, 0.15) is 0 Å². The lowest BCUT2D eigenvalue weighted by Gasteiger charge is -2.37. The van der Waals surface area contributed by atoms with Gasteiger partial charge in [0.05, 0.1) is 44.2 Å².